The van der Waals surface area contributed by atoms with Crippen molar-refractivity contribution in [2.24, 2.45) is 5.92 Å². The molecule has 0 saturated carbocycles. The number of esters is 4. The van der Waals surface area contributed by atoms with Crippen LogP contribution >= 0.6 is 0 Å². The van der Waals surface area contributed by atoms with E-state index in [1.165, 1.54) is 18.2 Å². The first-order valence-electron chi connectivity index (χ1n) is 7.30. The highest BCUT2D eigenvalue weighted by molar-refractivity contribution is 5.98. The van der Waals surface area contributed by atoms with E-state index in [0.29, 0.717) is 0 Å². The average Bonchev–Trinajstić information content (AvgIpc) is 3.11. The second-order valence-corrected chi connectivity index (χ2v) is 4.53. The van der Waals surface area contributed by atoms with Crippen molar-refractivity contribution in [2.45, 2.75) is 0 Å². The lowest BCUT2D eigenvalue weighted by atomic mass is 10.0. The van der Waals surface area contributed by atoms with E-state index >= 15 is 0 Å². The molecule has 0 amide bonds. The smallest absolute Gasteiger partial charge is 0.335 e. The zero-order valence-electron chi connectivity index (χ0n) is 13.5. The summed E-state index contributed by atoms with van der Waals surface area (Å²) in [6.07, 6.45) is 6.42. The van der Waals surface area contributed by atoms with E-state index in [0.717, 1.165) is 12.2 Å². The van der Waals surface area contributed by atoms with Gasteiger partial charge in [-0.25, -0.2) is 14.4 Å². The van der Waals surface area contributed by atoms with Crippen LogP contribution in [0.15, 0.2) is 49.1 Å². The van der Waals surface area contributed by atoms with Gasteiger partial charge < -0.3 is 18.9 Å². The Balaban J connectivity index is 2.37. The van der Waals surface area contributed by atoms with E-state index in [1.54, 1.807) is 0 Å². The third-order valence-electron chi connectivity index (χ3n) is 2.87. The molecule has 1 aliphatic carbocycles. The zero-order valence-corrected chi connectivity index (χ0v) is 13.5. The maximum Gasteiger partial charge on any atom is 0.335 e. The van der Waals surface area contributed by atoms with Crippen LogP contribution in [0, 0.1) is 5.92 Å². The fraction of sp³-hybridized carbons (Fsp3) is 0.294. The van der Waals surface area contributed by atoms with Gasteiger partial charge in [0.1, 0.15) is 32.3 Å². The average molecular weight is 350 g/mol. The Hall–Kier alpha value is -3.16. The molecule has 0 aliphatic heterocycles. The standard InChI is InChI=1S/C17H18O8/c1-3-14(18)22-8-10-24-16(20)12-6-5-7-13(12)17(21)25-11-9-23-15(19)4-2/h3-7,12H,1-2,8-11H2. The Morgan fingerprint density at radius 3 is 1.96 bits per heavy atom. The van der Waals surface area contributed by atoms with E-state index in [-0.39, 0.29) is 32.0 Å². The molecule has 0 aromatic heterocycles. The molecule has 0 aromatic carbocycles. The molecule has 8 heteroatoms. The number of ether oxygens (including phenoxy) is 4. The molecular weight excluding hydrogens is 332 g/mol. The minimum atomic E-state index is -0.904. The molecule has 0 radical (unpaired) electrons. The minimum absolute atomic E-state index is 0.100. The first-order valence-corrected chi connectivity index (χ1v) is 7.30. The zero-order chi connectivity index (χ0) is 18.7. The maximum atomic E-state index is 12.0. The second kappa shape index (κ2) is 10.6. The van der Waals surface area contributed by atoms with Crippen LogP contribution in [0.25, 0.3) is 0 Å². The fourth-order valence-electron chi connectivity index (χ4n) is 1.73. The highest BCUT2D eigenvalue weighted by Gasteiger charge is 2.30. The summed E-state index contributed by atoms with van der Waals surface area (Å²) >= 11 is 0. The summed E-state index contributed by atoms with van der Waals surface area (Å²) in [6, 6.07) is 0. The maximum absolute atomic E-state index is 12.0. The number of hydrogen-bond acceptors (Lipinski definition) is 8. The summed E-state index contributed by atoms with van der Waals surface area (Å²) in [5.41, 5.74) is 0.100. The predicted molar refractivity (Wildman–Crippen MR) is 84.9 cm³/mol. The Labute approximate surface area is 144 Å². The molecule has 1 aliphatic rings. The second-order valence-electron chi connectivity index (χ2n) is 4.53. The van der Waals surface area contributed by atoms with Crippen LogP contribution in [0.1, 0.15) is 0 Å². The van der Waals surface area contributed by atoms with Crippen molar-refractivity contribution in [2.75, 3.05) is 26.4 Å². The van der Waals surface area contributed by atoms with Crippen molar-refractivity contribution in [1.82, 2.24) is 0 Å². The van der Waals surface area contributed by atoms with Crippen LogP contribution in [-0.2, 0) is 38.1 Å². The summed E-state index contributed by atoms with van der Waals surface area (Å²) in [6.45, 7) is 5.91. The van der Waals surface area contributed by atoms with Gasteiger partial charge in [0.15, 0.2) is 0 Å². The van der Waals surface area contributed by atoms with Crippen molar-refractivity contribution in [3.05, 3.63) is 49.1 Å². The monoisotopic (exact) mass is 350 g/mol. The van der Waals surface area contributed by atoms with Crippen LogP contribution in [-0.4, -0.2) is 50.3 Å². The highest BCUT2D eigenvalue weighted by Crippen LogP contribution is 2.22. The van der Waals surface area contributed by atoms with Gasteiger partial charge in [0, 0.05) is 12.2 Å². The van der Waals surface area contributed by atoms with Gasteiger partial charge in [-0.15, -0.1) is 0 Å². The lowest BCUT2D eigenvalue weighted by Gasteiger charge is -2.13. The Morgan fingerprint density at radius 2 is 1.40 bits per heavy atom. The predicted octanol–water partition coefficient (Wildman–Crippen LogP) is 0.644. The van der Waals surface area contributed by atoms with E-state index in [2.05, 4.69) is 22.6 Å². The molecular formula is C17H18O8. The Morgan fingerprint density at radius 1 is 0.880 bits per heavy atom. The van der Waals surface area contributed by atoms with E-state index in [1.807, 2.05) is 0 Å². The van der Waals surface area contributed by atoms with E-state index in [9.17, 15) is 19.2 Å². The molecule has 0 N–H and O–H groups in total. The van der Waals surface area contributed by atoms with Crippen molar-refractivity contribution >= 4 is 23.9 Å². The third-order valence-corrected chi connectivity index (χ3v) is 2.87. The Kier molecular flexibility index (Phi) is 8.42. The topological polar surface area (TPSA) is 105 Å². The van der Waals surface area contributed by atoms with Crippen molar-refractivity contribution in [3.63, 3.8) is 0 Å². The van der Waals surface area contributed by atoms with Gasteiger partial charge in [0.25, 0.3) is 0 Å². The largest absolute Gasteiger partial charge is 0.461 e. The molecule has 1 rings (SSSR count). The molecule has 25 heavy (non-hydrogen) atoms. The molecule has 0 aromatic rings. The van der Waals surface area contributed by atoms with Crippen molar-refractivity contribution < 1.29 is 38.1 Å². The van der Waals surface area contributed by atoms with Gasteiger partial charge in [0.2, 0.25) is 0 Å². The lowest BCUT2D eigenvalue weighted by molar-refractivity contribution is -0.153. The lowest BCUT2D eigenvalue weighted by Crippen LogP contribution is -2.24. The normalized spacial score (nSPS) is 14.9. The number of allylic oxidation sites excluding steroid dienone is 2. The molecule has 8 nitrogen and oxygen atoms in total. The van der Waals surface area contributed by atoms with Crippen LogP contribution in [0.3, 0.4) is 0 Å². The van der Waals surface area contributed by atoms with Crippen molar-refractivity contribution in [1.29, 1.82) is 0 Å². The number of carbonyl (C=O) groups is 4. The molecule has 0 heterocycles. The molecule has 0 bridgehead atoms. The fourth-order valence-corrected chi connectivity index (χ4v) is 1.73. The van der Waals surface area contributed by atoms with Crippen LogP contribution in [0.2, 0.25) is 0 Å². The summed E-state index contributed by atoms with van der Waals surface area (Å²) in [7, 11) is 0. The van der Waals surface area contributed by atoms with E-state index < -0.39 is 29.8 Å². The molecule has 1 unspecified atom stereocenters. The summed E-state index contributed by atoms with van der Waals surface area (Å²) in [4.78, 5) is 45.6. The number of rotatable bonds is 10. The minimum Gasteiger partial charge on any atom is -0.461 e. The van der Waals surface area contributed by atoms with E-state index in [4.69, 9.17) is 9.47 Å². The van der Waals surface area contributed by atoms with Gasteiger partial charge >= 0.3 is 23.9 Å². The Bertz CT molecular complexity index is 614. The molecule has 0 spiro atoms. The van der Waals surface area contributed by atoms with Crippen LogP contribution < -0.4 is 0 Å². The van der Waals surface area contributed by atoms with Crippen LogP contribution in [0.5, 0.6) is 0 Å². The summed E-state index contributed by atoms with van der Waals surface area (Å²) < 4.78 is 19.2. The number of carbonyl (C=O) groups excluding carboxylic acids is 4. The van der Waals surface area contributed by atoms with Gasteiger partial charge in [-0.2, -0.15) is 0 Å². The first kappa shape index (κ1) is 19.9. The van der Waals surface area contributed by atoms with Gasteiger partial charge in [-0.1, -0.05) is 31.4 Å². The highest BCUT2D eigenvalue weighted by atomic mass is 16.6. The van der Waals surface area contributed by atoms with Gasteiger partial charge in [-0.05, 0) is 0 Å². The first-order chi connectivity index (χ1) is 12.0. The summed E-state index contributed by atoms with van der Waals surface area (Å²) in [5, 5.41) is 0. The van der Waals surface area contributed by atoms with Crippen molar-refractivity contribution in [3.8, 4) is 0 Å². The van der Waals surface area contributed by atoms with Gasteiger partial charge in [-0.3, -0.25) is 4.79 Å². The molecule has 134 valence electrons. The molecule has 0 saturated heterocycles. The third kappa shape index (κ3) is 6.86. The molecule has 1 atom stereocenters. The SMILES string of the molecule is C=CC(=O)OCCOC(=O)C1=CC=CC1C(=O)OCCOC(=O)C=C. The van der Waals surface area contributed by atoms with Crippen LogP contribution in [0.4, 0.5) is 0 Å². The number of hydrogen-bond donors (Lipinski definition) is 0. The van der Waals surface area contributed by atoms with Gasteiger partial charge in [0.05, 0.1) is 5.57 Å². The quantitative estimate of drug-likeness (QED) is 0.245. The molecule has 0 fully saturated rings. The summed E-state index contributed by atoms with van der Waals surface area (Å²) in [5.74, 6) is -3.56.